The molecule has 2 amide bonds. The van der Waals surface area contributed by atoms with Crippen LogP contribution in [0, 0.1) is 0 Å². The van der Waals surface area contributed by atoms with Gasteiger partial charge in [0.15, 0.2) is 0 Å². The van der Waals surface area contributed by atoms with Crippen LogP contribution in [0.3, 0.4) is 0 Å². The van der Waals surface area contributed by atoms with Gasteiger partial charge in [0.2, 0.25) is 5.91 Å². The molecule has 1 atom stereocenters. The molecule has 0 aromatic heterocycles. The molecule has 0 aliphatic heterocycles. The number of hydrogen-bond donors (Lipinski definition) is 2. The first-order valence-electron chi connectivity index (χ1n) is 6.95. The van der Waals surface area contributed by atoms with Crippen molar-refractivity contribution in [3.63, 3.8) is 0 Å². The fourth-order valence-electron chi connectivity index (χ4n) is 2.05. The van der Waals surface area contributed by atoms with E-state index in [-0.39, 0.29) is 13.0 Å². The van der Waals surface area contributed by atoms with Crippen molar-refractivity contribution in [3.05, 3.63) is 71.8 Å². The number of alkyl carbamates (subject to hydrolysis) is 1. The molecule has 2 rings (SSSR count). The monoisotopic (exact) mass is 298 g/mol. The van der Waals surface area contributed by atoms with Crippen LogP contribution in [0.1, 0.15) is 23.6 Å². The van der Waals surface area contributed by atoms with Gasteiger partial charge in [-0.1, -0.05) is 60.7 Å². The highest BCUT2D eigenvalue weighted by Gasteiger charge is 2.17. The van der Waals surface area contributed by atoms with Crippen molar-refractivity contribution in [2.45, 2.75) is 19.1 Å². The summed E-state index contributed by atoms with van der Waals surface area (Å²) in [6, 6.07) is 18.0. The summed E-state index contributed by atoms with van der Waals surface area (Å²) in [6.07, 6.45) is -0.566. The maximum atomic E-state index is 11.9. The van der Waals surface area contributed by atoms with Gasteiger partial charge in [0, 0.05) is 0 Å². The van der Waals surface area contributed by atoms with Gasteiger partial charge in [-0.25, -0.2) is 4.79 Å². The fraction of sp³-hybridized carbons (Fsp3) is 0.176. The lowest BCUT2D eigenvalue weighted by atomic mass is 10.0. The van der Waals surface area contributed by atoms with Gasteiger partial charge in [0.05, 0.1) is 12.5 Å². The Hall–Kier alpha value is -2.82. The summed E-state index contributed by atoms with van der Waals surface area (Å²) in [4.78, 5) is 23.1. The van der Waals surface area contributed by atoms with E-state index in [1.54, 1.807) is 0 Å². The molecule has 0 heterocycles. The molecule has 0 saturated heterocycles. The van der Waals surface area contributed by atoms with E-state index < -0.39 is 18.0 Å². The Morgan fingerprint density at radius 3 is 2.18 bits per heavy atom. The van der Waals surface area contributed by atoms with Crippen molar-refractivity contribution < 1.29 is 14.3 Å². The normalized spacial score (nSPS) is 11.5. The standard InChI is InChI=1S/C17H18N2O3/c18-16(20)11-15(14-9-5-2-6-10-14)19-17(21)22-12-13-7-3-1-4-8-13/h1-10,15H,11-12H2,(H2,18,20)(H,19,21). The molecule has 0 radical (unpaired) electrons. The average Bonchev–Trinajstić information content (AvgIpc) is 2.54. The first-order valence-corrected chi connectivity index (χ1v) is 6.95. The van der Waals surface area contributed by atoms with Crippen LogP contribution in [0.4, 0.5) is 4.79 Å². The number of amides is 2. The van der Waals surface area contributed by atoms with Gasteiger partial charge >= 0.3 is 6.09 Å². The molecule has 0 aliphatic rings. The van der Waals surface area contributed by atoms with E-state index in [4.69, 9.17) is 10.5 Å². The summed E-state index contributed by atoms with van der Waals surface area (Å²) in [6.45, 7) is 0.171. The number of ether oxygens (including phenoxy) is 1. The average molecular weight is 298 g/mol. The Labute approximate surface area is 129 Å². The smallest absolute Gasteiger partial charge is 0.407 e. The fourth-order valence-corrected chi connectivity index (χ4v) is 2.05. The van der Waals surface area contributed by atoms with Crippen molar-refractivity contribution in [1.82, 2.24) is 5.32 Å². The van der Waals surface area contributed by atoms with Crippen LogP contribution >= 0.6 is 0 Å². The zero-order chi connectivity index (χ0) is 15.8. The predicted molar refractivity (Wildman–Crippen MR) is 82.8 cm³/mol. The van der Waals surface area contributed by atoms with Crippen molar-refractivity contribution in [2.24, 2.45) is 5.73 Å². The minimum atomic E-state index is -0.584. The molecule has 0 saturated carbocycles. The maximum absolute atomic E-state index is 11.9. The maximum Gasteiger partial charge on any atom is 0.407 e. The summed E-state index contributed by atoms with van der Waals surface area (Å²) < 4.78 is 5.16. The molecule has 0 bridgehead atoms. The lowest BCUT2D eigenvalue weighted by molar-refractivity contribution is -0.118. The van der Waals surface area contributed by atoms with Crippen LogP contribution in [0.5, 0.6) is 0 Å². The molecule has 2 aromatic carbocycles. The van der Waals surface area contributed by atoms with Crippen LogP contribution in [0.2, 0.25) is 0 Å². The molecule has 3 N–H and O–H groups in total. The van der Waals surface area contributed by atoms with Gasteiger partial charge in [0.25, 0.3) is 0 Å². The third kappa shape index (κ3) is 4.94. The van der Waals surface area contributed by atoms with E-state index in [2.05, 4.69) is 5.32 Å². The third-order valence-corrected chi connectivity index (χ3v) is 3.11. The minimum absolute atomic E-state index is 0.0183. The van der Waals surface area contributed by atoms with Crippen molar-refractivity contribution in [1.29, 1.82) is 0 Å². The second-order valence-corrected chi connectivity index (χ2v) is 4.84. The molecule has 114 valence electrons. The molecule has 22 heavy (non-hydrogen) atoms. The Morgan fingerprint density at radius 1 is 1.00 bits per heavy atom. The van der Waals surface area contributed by atoms with Crippen LogP contribution in [-0.2, 0) is 16.1 Å². The summed E-state index contributed by atoms with van der Waals surface area (Å²) >= 11 is 0. The highest BCUT2D eigenvalue weighted by atomic mass is 16.5. The summed E-state index contributed by atoms with van der Waals surface area (Å²) in [5.74, 6) is -0.489. The van der Waals surface area contributed by atoms with Crippen molar-refractivity contribution in [3.8, 4) is 0 Å². The van der Waals surface area contributed by atoms with Gasteiger partial charge < -0.3 is 15.8 Å². The molecular formula is C17H18N2O3. The number of carbonyl (C=O) groups is 2. The topological polar surface area (TPSA) is 81.4 Å². The van der Waals surface area contributed by atoms with Gasteiger partial charge in [-0.2, -0.15) is 0 Å². The van der Waals surface area contributed by atoms with E-state index in [0.29, 0.717) is 0 Å². The molecule has 0 aliphatic carbocycles. The van der Waals surface area contributed by atoms with E-state index in [9.17, 15) is 9.59 Å². The number of nitrogens with one attached hydrogen (secondary N) is 1. The minimum Gasteiger partial charge on any atom is -0.445 e. The van der Waals surface area contributed by atoms with E-state index in [1.165, 1.54) is 0 Å². The molecule has 2 aromatic rings. The van der Waals surface area contributed by atoms with Gasteiger partial charge in [-0.05, 0) is 11.1 Å². The SMILES string of the molecule is NC(=O)CC(NC(=O)OCc1ccccc1)c1ccccc1. The van der Waals surface area contributed by atoms with Crippen LogP contribution in [0.25, 0.3) is 0 Å². The van der Waals surface area contributed by atoms with Crippen LogP contribution < -0.4 is 11.1 Å². The number of benzene rings is 2. The molecule has 0 spiro atoms. The zero-order valence-electron chi connectivity index (χ0n) is 12.1. The Balaban J connectivity index is 1.95. The van der Waals surface area contributed by atoms with E-state index in [1.807, 2.05) is 60.7 Å². The van der Waals surface area contributed by atoms with Gasteiger partial charge in [-0.15, -0.1) is 0 Å². The predicted octanol–water partition coefficient (Wildman–Crippen LogP) is 2.53. The van der Waals surface area contributed by atoms with Crippen LogP contribution in [0.15, 0.2) is 60.7 Å². The Bertz CT molecular complexity index is 614. The van der Waals surface area contributed by atoms with E-state index in [0.717, 1.165) is 11.1 Å². The second-order valence-electron chi connectivity index (χ2n) is 4.84. The molecule has 5 nitrogen and oxygen atoms in total. The summed E-state index contributed by atoms with van der Waals surface area (Å²) in [5.41, 5.74) is 6.94. The molecular weight excluding hydrogens is 280 g/mol. The number of primary amides is 1. The quantitative estimate of drug-likeness (QED) is 0.859. The Kier molecular flexibility index (Phi) is 5.54. The molecule has 1 unspecified atom stereocenters. The third-order valence-electron chi connectivity index (χ3n) is 3.11. The van der Waals surface area contributed by atoms with Crippen LogP contribution in [-0.4, -0.2) is 12.0 Å². The highest BCUT2D eigenvalue weighted by molar-refractivity contribution is 5.76. The number of nitrogens with two attached hydrogens (primary N) is 1. The molecule has 5 heteroatoms. The number of rotatable bonds is 6. The highest BCUT2D eigenvalue weighted by Crippen LogP contribution is 2.16. The van der Waals surface area contributed by atoms with E-state index >= 15 is 0 Å². The zero-order valence-corrected chi connectivity index (χ0v) is 12.1. The van der Waals surface area contributed by atoms with Gasteiger partial charge in [0.1, 0.15) is 6.61 Å². The second kappa shape index (κ2) is 7.83. The first kappa shape index (κ1) is 15.6. The molecule has 0 fully saturated rings. The van der Waals surface area contributed by atoms with Gasteiger partial charge in [-0.3, -0.25) is 4.79 Å². The van der Waals surface area contributed by atoms with Crippen molar-refractivity contribution in [2.75, 3.05) is 0 Å². The largest absolute Gasteiger partial charge is 0.445 e. The summed E-state index contributed by atoms with van der Waals surface area (Å²) in [5, 5.41) is 2.67. The first-order chi connectivity index (χ1) is 10.6. The lowest BCUT2D eigenvalue weighted by Gasteiger charge is -2.17. The lowest BCUT2D eigenvalue weighted by Crippen LogP contribution is -2.32. The Morgan fingerprint density at radius 2 is 1.59 bits per heavy atom. The number of carbonyl (C=O) groups excluding carboxylic acids is 2. The summed E-state index contributed by atoms with van der Waals surface area (Å²) in [7, 11) is 0. The van der Waals surface area contributed by atoms with Crippen molar-refractivity contribution >= 4 is 12.0 Å². The number of hydrogen-bond acceptors (Lipinski definition) is 3.